The molecule has 0 N–H and O–H groups in total. The van der Waals surface area contributed by atoms with Crippen molar-refractivity contribution in [2.24, 2.45) is 0 Å². The maximum absolute atomic E-state index is 9.06. The number of nitrogens with zero attached hydrogens (tertiary/aromatic N) is 1. The monoisotopic (exact) mass is 239 g/mol. The summed E-state index contributed by atoms with van der Waals surface area (Å²) in [7, 11) is 0. The summed E-state index contributed by atoms with van der Waals surface area (Å²) in [4.78, 5) is 2.23. The SMILES string of the molecule is Cc1ccc(C)c(Sc2ccccc2C#N)c1. The molecule has 0 aromatic heterocycles. The van der Waals surface area contributed by atoms with Crippen molar-refractivity contribution in [3.63, 3.8) is 0 Å². The molecule has 0 atom stereocenters. The number of benzene rings is 2. The van der Waals surface area contributed by atoms with E-state index in [4.69, 9.17) is 5.26 Å². The van der Waals surface area contributed by atoms with E-state index in [1.807, 2.05) is 24.3 Å². The minimum absolute atomic E-state index is 0.735. The number of nitriles is 1. The van der Waals surface area contributed by atoms with E-state index in [1.165, 1.54) is 16.0 Å². The molecule has 0 aliphatic carbocycles. The van der Waals surface area contributed by atoms with Gasteiger partial charge in [-0.3, -0.25) is 0 Å². The lowest BCUT2D eigenvalue weighted by atomic mass is 10.2. The average molecular weight is 239 g/mol. The molecule has 0 bridgehead atoms. The molecule has 0 aliphatic heterocycles. The van der Waals surface area contributed by atoms with E-state index in [9.17, 15) is 0 Å². The van der Waals surface area contributed by atoms with Crippen molar-refractivity contribution in [1.82, 2.24) is 0 Å². The Bertz CT molecular complexity index is 582. The van der Waals surface area contributed by atoms with Crippen molar-refractivity contribution in [1.29, 1.82) is 5.26 Å². The number of rotatable bonds is 2. The lowest BCUT2D eigenvalue weighted by molar-refractivity contribution is 1.25. The van der Waals surface area contributed by atoms with E-state index in [1.54, 1.807) is 11.8 Å². The van der Waals surface area contributed by atoms with Gasteiger partial charge in [0.05, 0.1) is 5.56 Å². The summed E-state index contributed by atoms with van der Waals surface area (Å²) in [5, 5.41) is 9.06. The molecule has 0 saturated heterocycles. The zero-order valence-electron chi connectivity index (χ0n) is 9.90. The summed E-state index contributed by atoms with van der Waals surface area (Å²) in [6.07, 6.45) is 0. The van der Waals surface area contributed by atoms with Crippen LogP contribution in [0.1, 0.15) is 16.7 Å². The fourth-order valence-electron chi connectivity index (χ4n) is 1.58. The highest BCUT2D eigenvalue weighted by Gasteiger charge is 2.05. The van der Waals surface area contributed by atoms with Crippen LogP contribution in [-0.4, -0.2) is 0 Å². The number of hydrogen-bond acceptors (Lipinski definition) is 2. The summed E-state index contributed by atoms with van der Waals surface area (Å²) in [6, 6.07) is 16.3. The fourth-order valence-corrected chi connectivity index (χ4v) is 2.66. The van der Waals surface area contributed by atoms with Gasteiger partial charge < -0.3 is 0 Å². The summed E-state index contributed by atoms with van der Waals surface area (Å²) >= 11 is 1.66. The first-order valence-corrected chi connectivity index (χ1v) is 6.26. The Hall–Kier alpha value is -1.72. The highest BCUT2D eigenvalue weighted by molar-refractivity contribution is 7.99. The first kappa shape index (κ1) is 11.8. The van der Waals surface area contributed by atoms with Crippen LogP contribution in [0.25, 0.3) is 0 Å². The predicted octanol–water partition coefficient (Wildman–Crippen LogP) is 4.33. The molecule has 0 saturated carbocycles. The van der Waals surface area contributed by atoms with E-state index in [0.29, 0.717) is 0 Å². The van der Waals surface area contributed by atoms with Crippen LogP contribution in [0.15, 0.2) is 52.3 Å². The van der Waals surface area contributed by atoms with E-state index in [0.717, 1.165) is 10.5 Å². The fraction of sp³-hybridized carbons (Fsp3) is 0.133. The minimum Gasteiger partial charge on any atom is -0.192 e. The van der Waals surface area contributed by atoms with Crippen LogP contribution in [0.4, 0.5) is 0 Å². The zero-order valence-corrected chi connectivity index (χ0v) is 10.7. The molecular formula is C15H13NS. The van der Waals surface area contributed by atoms with Crippen molar-refractivity contribution in [2.75, 3.05) is 0 Å². The van der Waals surface area contributed by atoms with Gasteiger partial charge in [-0.05, 0) is 43.2 Å². The maximum Gasteiger partial charge on any atom is 0.100 e. The highest BCUT2D eigenvalue weighted by atomic mass is 32.2. The van der Waals surface area contributed by atoms with Crippen LogP contribution < -0.4 is 0 Å². The number of aryl methyl sites for hydroxylation is 2. The van der Waals surface area contributed by atoms with Crippen molar-refractivity contribution in [3.8, 4) is 6.07 Å². The molecule has 0 aliphatic rings. The maximum atomic E-state index is 9.06. The molecule has 2 aromatic carbocycles. The van der Waals surface area contributed by atoms with Gasteiger partial charge in [-0.15, -0.1) is 0 Å². The van der Waals surface area contributed by atoms with Gasteiger partial charge in [0.1, 0.15) is 6.07 Å². The van der Waals surface area contributed by atoms with Crippen LogP contribution in [0.5, 0.6) is 0 Å². The third-order valence-corrected chi connectivity index (χ3v) is 3.81. The lowest BCUT2D eigenvalue weighted by Gasteiger charge is -2.07. The smallest absolute Gasteiger partial charge is 0.100 e. The summed E-state index contributed by atoms with van der Waals surface area (Å²) in [6.45, 7) is 4.18. The van der Waals surface area contributed by atoms with Gasteiger partial charge in [0, 0.05) is 9.79 Å². The molecule has 0 spiro atoms. The van der Waals surface area contributed by atoms with E-state index < -0.39 is 0 Å². The third-order valence-electron chi connectivity index (χ3n) is 2.57. The van der Waals surface area contributed by atoms with Crippen LogP contribution in [0.3, 0.4) is 0 Å². The first-order chi connectivity index (χ1) is 8.20. The van der Waals surface area contributed by atoms with Gasteiger partial charge in [-0.1, -0.05) is 36.0 Å². The van der Waals surface area contributed by atoms with Crippen molar-refractivity contribution in [2.45, 2.75) is 23.6 Å². The molecule has 2 heteroatoms. The molecule has 0 heterocycles. The van der Waals surface area contributed by atoms with Crippen LogP contribution in [0.2, 0.25) is 0 Å². The molecule has 2 aromatic rings. The van der Waals surface area contributed by atoms with Crippen LogP contribution in [0, 0.1) is 25.2 Å². The Morgan fingerprint density at radius 2 is 1.76 bits per heavy atom. The van der Waals surface area contributed by atoms with E-state index >= 15 is 0 Å². The Morgan fingerprint density at radius 3 is 2.53 bits per heavy atom. The van der Waals surface area contributed by atoms with Gasteiger partial charge in [0.15, 0.2) is 0 Å². The molecule has 84 valence electrons. The average Bonchev–Trinajstić information content (AvgIpc) is 2.34. The minimum atomic E-state index is 0.735. The predicted molar refractivity (Wildman–Crippen MR) is 71.2 cm³/mol. The molecule has 0 amide bonds. The topological polar surface area (TPSA) is 23.8 Å². The quantitative estimate of drug-likeness (QED) is 0.779. The van der Waals surface area contributed by atoms with Crippen LogP contribution in [-0.2, 0) is 0 Å². The largest absolute Gasteiger partial charge is 0.192 e. The van der Waals surface area contributed by atoms with Gasteiger partial charge in [0.2, 0.25) is 0 Å². The molecule has 2 rings (SSSR count). The second kappa shape index (κ2) is 5.07. The summed E-state index contributed by atoms with van der Waals surface area (Å²) < 4.78 is 0. The second-order valence-corrected chi connectivity index (χ2v) is 5.06. The molecule has 1 nitrogen and oxygen atoms in total. The van der Waals surface area contributed by atoms with Gasteiger partial charge in [0.25, 0.3) is 0 Å². The molecular weight excluding hydrogens is 226 g/mol. The van der Waals surface area contributed by atoms with Gasteiger partial charge in [-0.2, -0.15) is 5.26 Å². The molecule has 17 heavy (non-hydrogen) atoms. The van der Waals surface area contributed by atoms with E-state index in [-0.39, 0.29) is 0 Å². The molecule has 0 unspecified atom stereocenters. The highest BCUT2D eigenvalue weighted by Crippen LogP contribution is 2.32. The zero-order chi connectivity index (χ0) is 12.3. The van der Waals surface area contributed by atoms with Crippen LogP contribution >= 0.6 is 11.8 Å². The first-order valence-electron chi connectivity index (χ1n) is 5.45. The van der Waals surface area contributed by atoms with Crippen molar-refractivity contribution < 1.29 is 0 Å². The summed E-state index contributed by atoms with van der Waals surface area (Å²) in [5.41, 5.74) is 3.22. The lowest BCUT2D eigenvalue weighted by Crippen LogP contribution is -1.84. The van der Waals surface area contributed by atoms with E-state index in [2.05, 4.69) is 38.1 Å². The molecule has 0 fully saturated rings. The normalized spacial score (nSPS) is 9.94. The molecule has 0 radical (unpaired) electrons. The Labute approximate surface area is 106 Å². The number of hydrogen-bond donors (Lipinski definition) is 0. The van der Waals surface area contributed by atoms with Crippen molar-refractivity contribution >= 4 is 11.8 Å². The van der Waals surface area contributed by atoms with Gasteiger partial charge >= 0.3 is 0 Å². The summed E-state index contributed by atoms with van der Waals surface area (Å²) in [5.74, 6) is 0. The Balaban J connectivity index is 2.38. The second-order valence-electron chi connectivity index (χ2n) is 3.98. The third kappa shape index (κ3) is 2.69. The Morgan fingerprint density at radius 1 is 1.00 bits per heavy atom. The van der Waals surface area contributed by atoms with Gasteiger partial charge in [-0.25, -0.2) is 0 Å². The van der Waals surface area contributed by atoms with Crippen molar-refractivity contribution in [3.05, 3.63) is 59.2 Å². The Kier molecular flexibility index (Phi) is 3.51. The standard InChI is InChI=1S/C15H13NS/c1-11-7-8-12(2)15(9-11)17-14-6-4-3-5-13(14)10-16/h3-9H,1-2H3.